The van der Waals surface area contributed by atoms with Crippen LogP contribution in [-0.2, 0) is 17.9 Å². The second-order valence-electron chi connectivity index (χ2n) is 9.99. The lowest BCUT2D eigenvalue weighted by atomic mass is 9.80. The minimum Gasteiger partial charge on any atom is -0.352 e. The second kappa shape index (κ2) is 11.3. The summed E-state index contributed by atoms with van der Waals surface area (Å²) in [6.45, 7) is 5.71. The van der Waals surface area contributed by atoms with Crippen molar-refractivity contribution < 1.29 is 4.79 Å². The molecule has 0 aliphatic heterocycles. The van der Waals surface area contributed by atoms with Crippen LogP contribution >= 0.6 is 0 Å². The first kappa shape index (κ1) is 24.6. The van der Waals surface area contributed by atoms with E-state index in [1.54, 1.807) is 0 Å². The van der Waals surface area contributed by atoms with Crippen LogP contribution in [0.5, 0.6) is 0 Å². The van der Waals surface area contributed by atoms with Gasteiger partial charge in [0.2, 0.25) is 5.91 Å². The van der Waals surface area contributed by atoms with Crippen LogP contribution < -0.4 is 5.32 Å². The highest BCUT2D eigenvalue weighted by Gasteiger charge is 2.27. The van der Waals surface area contributed by atoms with Gasteiger partial charge < -0.3 is 9.88 Å². The molecule has 3 nitrogen and oxygen atoms in total. The predicted octanol–water partition coefficient (Wildman–Crippen LogP) is 7.59. The summed E-state index contributed by atoms with van der Waals surface area (Å²) in [4.78, 5) is 13.3. The smallest absolute Gasteiger partial charge is 0.220 e. The number of nitrogens with one attached hydrogen (secondary N) is 1. The quantitative estimate of drug-likeness (QED) is 0.229. The Hall–Kier alpha value is -4.11. The van der Waals surface area contributed by atoms with Gasteiger partial charge in [-0.2, -0.15) is 0 Å². The number of aromatic nitrogens is 1. The highest BCUT2D eigenvalue weighted by atomic mass is 16.1. The molecular formula is C34H34N2O. The van der Waals surface area contributed by atoms with Crippen molar-refractivity contribution in [2.75, 3.05) is 0 Å². The number of rotatable bonds is 9. The number of hydrogen-bond acceptors (Lipinski definition) is 1. The molecule has 0 radical (unpaired) electrons. The number of carbonyl (C=O) groups is 1. The fourth-order valence-corrected chi connectivity index (χ4v) is 5.21. The van der Waals surface area contributed by atoms with Crippen molar-refractivity contribution in [1.82, 2.24) is 9.88 Å². The minimum absolute atomic E-state index is 0.0438. The molecule has 0 unspecified atom stereocenters. The van der Waals surface area contributed by atoms with Crippen LogP contribution in [0.1, 0.15) is 53.0 Å². The van der Waals surface area contributed by atoms with Gasteiger partial charge in [0.25, 0.3) is 0 Å². The van der Waals surface area contributed by atoms with E-state index < -0.39 is 0 Å². The van der Waals surface area contributed by atoms with E-state index in [1.807, 2.05) is 36.4 Å². The van der Waals surface area contributed by atoms with E-state index in [2.05, 4.69) is 103 Å². The first-order valence-corrected chi connectivity index (χ1v) is 13.1. The van der Waals surface area contributed by atoms with Gasteiger partial charge in [0, 0.05) is 42.5 Å². The summed E-state index contributed by atoms with van der Waals surface area (Å²) in [6.07, 6.45) is 2.71. The zero-order chi connectivity index (χ0) is 25.6. The molecule has 4 aromatic carbocycles. The summed E-state index contributed by atoms with van der Waals surface area (Å²) < 4.78 is 2.34. The molecule has 0 fully saturated rings. The summed E-state index contributed by atoms with van der Waals surface area (Å²) >= 11 is 0. The Morgan fingerprint density at radius 1 is 0.784 bits per heavy atom. The molecule has 3 heteroatoms. The Balaban J connectivity index is 1.48. The van der Waals surface area contributed by atoms with Crippen molar-refractivity contribution in [3.8, 4) is 0 Å². The van der Waals surface area contributed by atoms with Crippen LogP contribution in [-0.4, -0.2) is 10.5 Å². The molecule has 0 aliphatic rings. The third-order valence-corrected chi connectivity index (χ3v) is 7.36. The number of para-hydroxylation sites is 1. The fraction of sp³-hybridized carbons (Fsp3) is 0.206. The van der Waals surface area contributed by atoms with Gasteiger partial charge >= 0.3 is 0 Å². The van der Waals surface area contributed by atoms with E-state index >= 15 is 0 Å². The Labute approximate surface area is 219 Å². The van der Waals surface area contributed by atoms with Crippen LogP contribution in [0.25, 0.3) is 10.9 Å². The van der Waals surface area contributed by atoms with Crippen molar-refractivity contribution in [2.24, 2.45) is 0 Å². The maximum Gasteiger partial charge on any atom is 0.220 e. The number of fused-ring (bicyclic) bond motifs is 1. The summed E-state index contributed by atoms with van der Waals surface area (Å²) in [6, 6.07) is 38.0. The standard InChI is InChI=1S/C34H34N2O/c1-25-17-19-28(20-18-25)23-36-24-32(30-15-9-10-16-33(30)36)31(26(2)29-13-7-4-8-14-29)21-34(37)35-22-27-11-5-3-6-12-27/h3-20,24,26,31H,21-23H2,1-2H3,(H,35,37)/t26-,31+/m0/s1. The Morgan fingerprint density at radius 2 is 1.43 bits per heavy atom. The Kier molecular flexibility index (Phi) is 7.51. The van der Waals surface area contributed by atoms with Crippen LogP contribution in [0.2, 0.25) is 0 Å². The number of nitrogens with zero attached hydrogens (tertiary/aromatic N) is 1. The van der Waals surface area contributed by atoms with E-state index in [0.717, 1.165) is 12.1 Å². The lowest BCUT2D eigenvalue weighted by Gasteiger charge is -2.24. The van der Waals surface area contributed by atoms with Crippen molar-refractivity contribution in [3.05, 3.63) is 143 Å². The van der Waals surface area contributed by atoms with Crippen LogP contribution in [0.4, 0.5) is 0 Å². The lowest BCUT2D eigenvalue weighted by molar-refractivity contribution is -0.121. The number of carbonyl (C=O) groups excluding carboxylic acids is 1. The van der Waals surface area contributed by atoms with Gasteiger partial charge in [-0.3, -0.25) is 4.79 Å². The first-order valence-electron chi connectivity index (χ1n) is 13.1. The molecule has 37 heavy (non-hydrogen) atoms. The largest absolute Gasteiger partial charge is 0.352 e. The fourth-order valence-electron chi connectivity index (χ4n) is 5.21. The molecule has 0 saturated heterocycles. The van der Waals surface area contributed by atoms with E-state index in [9.17, 15) is 4.79 Å². The van der Waals surface area contributed by atoms with Gasteiger partial charge in [-0.25, -0.2) is 0 Å². The molecule has 0 saturated carbocycles. The van der Waals surface area contributed by atoms with Crippen molar-refractivity contribution >= 4 is 16.8 Å². The zero-order valence-corrected chi connectivity index (χ0v) is 21.6. The molecule has 186 valence electrons. The molecule has 2 atom stereocenters. The van der Waals surface area contributed by atoms with Crippen molar-refractivity contribution in [1.29, 1.82) is 0 Å². The molecule has 1 N–H and O–H groups in total. The van der Waals surface area contributed by atoms with Crippen LogP contribution in [0, 0.1) is 6.92 Å². The number of amides is 1. The molecule has 5 rings (SSSR count). The molecule has 1 heterocycles. The monoisotopic (exact) mass is 486 g/mol. The maximum absolute atomic E-state index is 13.3. The number of aryl methyl sites for hydroxylation is 1. The van der Waals surface area contributed by atoms with Gasteiger partial charge in [-0.05, 0) is 41.2 Å². The summed E-state index contributed by atoms with van der Waals surface area (Å²) in [5.74, 6) is 0.302. The molecular weight excluding hydrogens is 452 g/mol. The van der Waals surface area contributed by atoms with E-state index in [-0.39, 0.29) is 17.7 Å². The average Bonchev–Trinajstić information content (AvgIpc) is 3.30. The topological polar surface area (TPSA) is 34.0 Å². The molecule has 1 aromatic heterocycles. The third-order valence-electron chi connectivity index (χ3n) is 7.36. The predicted molar refractivity (Wildman–Crippen MR) is 153 cm³/mol. The van der Waals surface area contributed by atoms with Gasteiger partial charge in [0.15, 0.2) is 0 Å². The first-order chi connectivity index (χ1) is 18.1. The number of hydrogen-bond donors (Lipinski definition) is 1. The summed E-state index contributed by atoms with van der Waals surface area (Å²) in [5, 5.41) is 4.38. The second-order valence-corrected chi connectivity index (χ2v) is 9.99. The van der Waals surface area contributed by atoms with E-state index in [0.29, 0.717) is 13.0 Å². The van der Waals surface area contributed by atoms with Crippen LogP contribution in [0.15, 0.2) is 115 Å². The number of benzene rings is 4. The van der Waals surface area contributed by atoms with Gasteiger partial charge in [-0.15, -0.1) is 0 Å². The molecule has 5 aromatic rings. The lowest BCUT2D eigenvalue weighted by Crippen LogP contribution is -2.26. The van der Waals surface area contributed by atoms with Gasteiger partial charge in [0.1, 0.15) is 0 Å². The van der Waals surface area contributed by atoms with Crippen LogP contribution in [0.3, 0.4) is 0 Å². The maximum atomic E-state index is 13.3. The third kappa shape index (κ3) is 5.83. The highest BCUT2D eigenvalue weighted by Crippen LogP contribution is 2.40. The highest BCUT2D eigenvalue weighted by molar-refractivity contribution is 5.86. The SMILES string of the molecule is Cc1ccc(Cn2cc([C@H](CC(=O)NCc3ccccc3)[C@@H](C)c3ccccc3)c3ccccc32)cc1. The van der Waals surface area contributed by atoms with Gasteiger partial charge in [-0.1, -0.05) is 116 Å². The molecule has 0 spiro atoms. The van der Waals surface area contributed by atoms with E-state index in [4.69, 9.17) is 0 Å². The summed E-state index contributed by atoms with van der Waals surface area (Å²) in [5.41, 5.74) is 7.32. The minimum atomic E-state index is 0.0438. The summed E-state index contributed by atoms with van der Waals surface area (Å²) in [7, 11) is 0. The van der Waals surface area contributed by atoms with Gasteiger partial charge in [0.05, 0.1) is 0 Å². The normalized spacial score (nSPS) is 12.8. The zero-order valence-electron chi connectivity index (χ0n) is 21.6. The Bertz CT molecular complexity index is 1450. The molecule has 0 aliphatic carbocycles. The van der Waals surface area contributed by atoms with E-state index in [1.165, 1.54) is 33.2 Å². The molecule has 1 amide bonds. The Morgan fingerprint density at radius 3 is 2.16 bits per heavy atom. The molecule has 0 bridgehead atoms. The van der Waals surface area contributed by atoms with Crippen molar-refractivity contribution in [3.63, 3.8) is 0 Å². The average molecular weight is 487 g/mol. The van der Waals surface area contributed by atoms with Crippen molar-refractivity contribution in [2.45, 2.75) is 45.2 Å².